The highest BCUT2D eigenvalue weighted by molar-refractivity contribution is 7.89. The van der Waals surface area contributed by atoms with E-state index in [1.54, 1.807) is 4.31 Å². The average molecular weight is 333 g/mol. The molecule has 0 N–H and O–H groups in total. The van der Waals surface area contributed by atoms with Crippen molar-refractivity contribution >= 4 is 10.0 Å². The Hall–Kier alpha value is -0.210. The van der Waals surface area contributed by atoms with Crippen LogP contribution in [0.5, 0.6) is 0 Å². The summed E-state index contributed by atoms with van der Waals surface area (Å²) in [5.74, 6) is 0.215. The molecule has 0 radical (unpaired) electrons. The number of ether oxygens (including phenoxy) is 1. The van der Waals surface area contributed by atoms with Crippen LogP contribution in [-0.4, -0.2) is 93.3 Å². The lowest BCUT2D eigenvalue weighted by Crippen LogP contribution is -2.51. The molecule has 0 aromatic rings. The van der Waals surface area contributed by atoms with Gasteiger partial charge in [0.2, 0.25) is 10.0 Å². The summed E-state index contributed by atoms with van der Waals surface area (Å²) in [6.45, 7) is 8.05. The van der Waals surface area contributed by atoms with Crippen LogP contribution in [0.4, 0.5) is 0 Å². The number of sulfonamides is 1. The molecular weight excluding hydrogens is 302 g/mol. The molecule has 0 unspecified atom stereocenters. The van der Waals surface area contributed by atoms with Gasteiger partial charge in [-0.25, -0.2) is 8.42 Å². The Labute approximate surface area is 135 Å². The average Bonchev–Trinajstić information content (AvgIpc) is 2.84. The Morgan fingerprint density at radius 1 is 1.18 bits per heavy atom. The minimum Gasteiger partial charge on any atom is -0.373 e. The Bertz CT molecular complexity index is 445. The van der Waals surface area contributed by atoms with E-state index in [2.05, 4.69) is 18.7 Å². The van der Waals surface area contributed by atoms with E-state index < -0.39 is 10.0 Å². The monoisotopic (exact) mass is 333 g/mol. The highest BCUT2D eigenvalue weighted by atomic mass is 32.2. The summed E-state index contributed by atoms with van der Waals surface area (Å²) in [7, 11) is 0.672. The van der Waals surface area contributed by atoms with Gasteiger partial charge in [0.05, 0.1) is 18.0 Å². The second-order valence-corrected chi connectivity index (χ2v) is 9.04. The fourth-order valence-electron chi connectivity index (χ4n) is 3.50. The van der Waals surface area contributed by atoms with Crippen LogP contribution in [-0.2, 0) is 14.8 Å². The van der Waals surface area contributed by atoms with Gasteiger partial charge >= 0.3 is 0 Å². The lowest BCUT2D eigenvalue weighted by atomic mass is 10.1. The van der Waals surface area contributed by atoms with E-state index in [1.165, 1.54) is 0 Å². The van der Waals surface area contributed by atoms with Gasteiger partial charge in [-0.05, 0) is 40.8 Å². The van der Waals surface area contributed by atoms with E-state index in [0.717, 1.165) is 32.5 Å². The molecule has 3 atom stereocenters. The van der Waals surface area contributed by atoms with Crippen molar-refractivity contribution in [3.63, 3.8) is 0 Å². The normalized spacial score (nSPS) is 32.0. The molecule has 2 saturated heterocycles. The molecule has 2 aliphatic rings. The summed E-state index contributed by atoms with van der Waals surface area (Å²) >= 11 is 0. The van der Waals surface area contributed by atoms with Crippen LogP contribution in [0.25, 0.3) is 0 Å². The molecule has 6 nitrogen and oxygen atoms in total. The van der Waals surface area contributed by atoms with Crippen LogP contribution in [0.3, 0.4) is 0 Å². The van der Waals surface area contributed by atoms with Crippen LogP contribution in [0, 0.1) is 0 Å². The molecule has 0 amide bonds. The van der Waals surface area contributed by atoms with Gasteiger partial charge in [-0.15, -0.1) is 0 Å². The third kappa shape index (κ3) is 4.89. The maximum absolute atomic E-state index is 12.6. The first-order chi connectivity index (χ1) is 10.3. The highest BCUT2D eigenvalue weighted by Crippen LogP contribution is 2.23. The molecule has 7 heteroatoms. The minimum atomic E-state index is -3.15. The van der Waals surface area contributed by atoms with Gasteiger partial charge < -0.3 is 9.64 Å². The summed E-state index contributed by atoms with van der Waals surface area (Å²) in [4.78, 5) is 4.29. The van der Waals surface area contributed by atoms with Gasteiger partial charge in [0.15, 0.2) is 0 Å². The summed E-state index contributed by atoms with van der Waals surface area (Å²) in [5.41, 5.74) is 0. The van der Waals surface area contributed by atoms with Crippen LogP contribution < -0.4 is 0 Å². The first-order valence-corrected chi connectivity index (χ1v) is 9.91. The number of hydrogen-bond acceptors (Lipinski definition) is 5. The highest BCUT2D eigenvalue weighted by Gasteiger charge is 2.36. The fraction of sp³-hybridized carbons (Fsp3) is 1.00. The van der Waals surface area contributed by atoms with Gasteiger partial charge in [-0.2, -0.15) is 4.31 Å². The topological polar surface area (TPSA) is 53.1 Å². The molecule has 0 bridgehead atoms. The Balaban J connectivity index is 1.95. The molecule has 0 saturated carbocycles. The van der Waals surface area contributed by atoms with E-state index in [4.69, 9.17) is 4.74 Å². The zero-order valence-electron chi connectivity index (χ0n) is 14.4. The molecule has 2 heterocycles. The van der Waals surface area contributed by atoms with Gasteiger partial charge in [0.25, 0.3) is 0 Å². The predicted octanol–water partition coefficient (Wildman–Crippen LogP) is 0.451. The molecule has 130 valence electrons. The maximum atomic E-state index is 12.6. The largest absolute Gasteiger partial charge is 0.373 e. The van der Waals surface area contributed by atoms with Crippen molar-refractivity contribution in [2.75, 3.05) is 52.6 Å². The van der Waals surface area contributed by atoms with Crippen molar-refractivity contribution in [3.8, 4) is 0 Å². The van der Waals surface area contributed by atoms with E-state index in [0.29, 0.717) is 13.1 Å². The van der Waals surface area contributed by atoms with Gasteiger partial charge in [-0.1, -0.05) is 0 Å². The Morgan fingerprint density at radius 3 is 2.41 bits per heavy atom. The second kappa shape index (κ2) is 7.57. The number of hydrogen-bond donors (Lipinski definition) is 0. The van der Waals surface area contributed by atoms with E-state index in [-0.39, 0.29) is 24.0 Å². The van der Waals surface area contributed by atoms with Crippen LogP contribution in [0.15, 0.2) is 0 Å². The number of nitrogens with zero attached hydrogens (tertiary/aromatic N) is 3. The third-order valence-electron chi connectivity index (χ3n) is 4.44. The Morgan fingerprint density at radius 2 is 1.82 bits per heavy atom. The first-order valence-electron chi connectivity index (χ1n) is 8.30. The van der Waals surface area contributed by atoms with E-state index in [1.807, 2.05) is 19.0 Å². The number of rotatable bonds is 6. The quantitative estimate of drug-likeness (QED) is 0.706. The standard InChI is InChI=1S/C15H31N3O3S/c1-13-10-17(11-14(2)21-13)12-15-6-5-7-18(15)22(19,20)9-8-16(3)4/h13-15H,5-12H2,1-4H3/t13-,14-,15-/m1/s1. The molecular formula is C15H31N3O3S. The minimum absolute atomic E-state index is 0.129. The summed E-state index contributed by atoms with van der Waals surface area (Å²) in [6, 6.07) is 0.129. The van der Waals surface area contributed by atoms with Crippen molar-refractivity contribution in [3.05, 3.63) is 0 Å². The van der Waals surface area contributed by atoms with Crippen molar-refractivity contribution in [1.82, 2.24) is 14.1 Å². The van der Waals surface area contributed by atoms with Crippen LogP contribution in [0.1, 0.15) is 26.7 Å². The maximum Gasteiger partial charge on any atom is 0.215 e. The first kappa shape index (κ1) is 18.1. The molecule has 0 aliphatic carbocycles. The predicted molar refractivity (Wildman–Crippen MR) is 88.5 cm³/mol. The van der Waals surface area contributed by atoms with Gasteiger partial charge in [-0.3, -0.25) is 4.90 Å². The molecule has 2 fully saturated rings. The SMILES string of the molecule is C[C@@H]1CN(C[C@H]2CCCN2S(=O)(=O)CCN(C)C)C[C@@H](C)O1. The summed E-state index contributed by atoms with van der Waals surface area (Å²) in [6.07, 6.45) is 2.40. The van der Waals surface area contributed by atoms with Crippen molar-refractivity contribution in [2.45, 2.75) is 44.9 Å². The third-order valence-corrected chi connectivity index (χ3v) is 6.33. The van der Waals surface area contributed by atoms with E-state index in [9.17, 15) is 8.42 Å². The van der Waals surface area contributed by atoms with Crippen molar-refractivity contribution in [1.29, 1.82) is 0 Å². The van der Waals surface area contributed by atoms with Crippen LogP contribution >= 0.6 is 0 Å². The van der Waals surface area contributed by atoms with E-state index >= 15 is 0 Å². The fourth-order valence-corrected chi connectivity index (χ4v) is 5.37. The van der Waals surface area contributed by atoms with Crippen molar-refractivity contribution < 1.29 is 13.2 Å². The lowest BCUT2D eigenvalue weighted by molar-refractivity contribution is -0.0707. The van der Waals surface area contributed by atoms with Gasteiger partial charge in [0, 0.05) is 38.8 Å². The molecule has 22 heavy (non-hydrogen) atoms. The van der Waals surface area contributed by atoms with Crippen LogP contribution in [0.2, 0.25) is 0 Å². The molecule has 2 rings (SSSR count). The molecule has 0 aromatic carbocycles. The smallest absolute Gasteiger partial charge is 0.215 e. The number of morpholine rings is 1. The second-order valence-electron chi connectivity index (χ2n) is 7.00. The Kier molecular flexibility index (Phi) is 6.24. The summed E-state index contributed by atoms with van der Waals surface area (Å²) in [5, 5.41) is 0. The lowest BCUT2D eigenvalue weighted by Gasteiger charge is -2.38. The molecule has 2 aliphatic heterocycles. The van der Waals surface area contributed by atoms with Gasteiger partial charge in [0.1, 0.15) is 0 Å². The van der Waals surface area contributed by atoms with Crippen molar-refractivity contribution in [2.24, 2.45) is 0 Å². The zero-order chi connectivity index (χ0) is 16.3. The molecule has 0 aromatic heterocycles. The molecule has 0 spiro atoms. The zero-order valence-corrected chi connectivity index (χ0v) is 15.2. The summed E-state index contributed by atoms with van der Waals surface area (Å²) < 4.78 is 32.7.